The molecule has 2 N–H and O–H groups in total. The Morgan fingerprint density at radius 1 is 0.944 bits per heavy atom. The predicted octanol–water partition coefficient (Wildman–Crippen LogP) is 6.91. The van der Waals surface area contributed by atoms with Crippen LogP contribution in [0.1, 0.15) is 26.3 Å². The number of benzene rings is 2. The SMILES string of the molecule is CC.CCn1cc(-c2ccnc3[nH]c(-c4ccc(CN(C)C)cc4)cc23)c(-c2cccc(NC)c2)n1. The molecule has 0 bridgehead atoms. The van der Waals surface area contributed by atoms with E-state index in [0.717, 1.165) is 63.5 Å². The quantitative estimate of drug-likeness (QED) is 0.266. The second kappa shape index (κ2) is 11.2. The second-order valence-electron chi connectivity index (χ2n) is 8.82. The van der Waals surface area contributed by atoms with Gasteiger partial charge in [-0.3, -0.25) is 4.68 Å². The molecular formula is C30H36N6. The molecule has 0 saturated carbocycles. The van der Waals surface area contributed by atoms with Gasteiger partial charge >= 0.3 is 0 Å². The number of aromatic amines is 1. The lowest BCUT2D eigenvalue weighted by Gasteiger charge is -2.09. The Labute approximate surface area is 214 Å². The van der Waals surface area contributed by atoms with Gasteiger partial charge in [0.2, 0.25) is 0 Å². The van der Waals surface area contributed by atoms with Crippen molar-refractivity contribution in [3.8, 4) is 33.6 Å². The van der Waals surface area contributed by atoms with Crippen molar-refractivity contribution in [3.05, 3.63) is 78.6 Å². The summed E-state index contributed by atoms with van der Waals surface area (Å²) in [6, 6.07) is 21.4. The van der Waals surface area contributed by atoms with Crippen molar-refractivity contribution in [2.24, 2.45) is 0 Å². The summed E-state index contributed by atoms with van der Waals surface area (Å²) in [7, 11) is 6.11. The van der Waals surface area contributed by atoms with Gasteiger partial charge in [0.1, 0.15) is 11.3 Å². The van der Waals surface area contributed by atoms with Crippen LogP contribution in [-0.2, 0) is 13.1 Å². The highest BCUT2D eigenvalue weighted by Crippen LogP contribution is 2.37. The first-order chi connectivity index (χ1) is 17.6. The predicted molar refractivity (Wildman–Crippen MR) is 152 cm³/mol. The van der Waals surface area contributed by atoms with Crippen LogP contribution < -0.4 is 5.32 Å². The van der Waals surface area contributed by atoms with E-state index in [2.05, 4.69) is 108 Å². The maximum Gasteiger partial charge on any atom is 0.138 e. The number of aromatic nitrogens is 4. The van der Waals surface area contributed by atoms with Crippen LogP contribution in [0.25, 0.3) is 44.7 Å². The van der Waals surface area contributed by atoms with E-state index in [1.165, 1.54) is 5.56 Å². The average Bonchev–Trinajstić information content (AvgIpc) is 3.55. The van der Waals surface area contributed by atoms with E-state index in [4.69, 9.17) is 5.10 Å². The van der Waals surface area contributed by atoms with Gasteiger partial charge in [0.15, 0.2) is 0 Å². The highest BCUT2D eigenvalue weighted by molar-refractivity contribution is 5.99. The zero-order chi connectivity index (χ0) is 25.7. The van der Waals surface area contributed by atoms with E-state index in [0.29, 0.717) is 0 Å². The third-order valence-corrected chi connectivity index (χ3v) is 6.10. The van der Waals surface area contributed by atoms with Crippen LogP contribution in [-0.4, -0.2) is 45.8 Å². The number of anilines is 1. The lowest BCUT2D eigenvalue weighted by molar-refractivity contribution is 0.402. The molecule has 0 aliphatic rings. The topological polar surface area (TPSA) is 61.8 Å². The van der Waals surface area contributed by atoms with Gasteiger partial charge in [-0.2, -0.15) is 5.10 Å². The molecule has 0 aliphatic carbocycles. The highest BCUT2D eigenvalue weighted by Gasteiger charge is 2.17. The van der Waals surface area contributed by atoms with Gasteiger partial charge in [-0.1, -0.05) is 50.2 Å². The number of hydrogen-bond acceptors (Lipinski definition) is 4. The van der Waals surface area contributed by atoms with Crippen molar-refractivity contribution in [1.82, 2.24) is 24.6 Å². The fraction of sp³-hybridized carbons (Fsp3) is 0.267. The third-order valence-electron chi connectivity index (χ3n) is 6.10. The number of rotatable bonds is 7. The molecule has 0 spiro atoms. The molecule has 0 fully saturated rings. The Hall–Kier alpha value is -3.90. The standard InChI is InChI=1S/C28H30N6.C2H6/c1-5-34-18-25(27(32-34)21-7-6-8-22(15-21)29-2)23-13-14-30-28-24(23)16-26(31-28)20-11-9-19(10-12-20)17-33(3)4;1-2/h6-16,18,29H,5,17H2,1-4H3,(H,30,31);1-2H3. The van der Waals surface area contributed by atoms with Gasteiger partial charge < -0.3 is 15.2 Å². The summed E-state index contributed by atoms with van der Waals surface area (Å²) in [5, 5.41) is 9.23. The second-order valence-corrected chi connectivity index (χ2v) is 8.82. The first-order valence-electron chi connectivity index (χ1n) is 12.6. The molecular weight excluding hydrogens is 444 g/mol. The highest BCUT2D eigenvalue weighted by atomic mass is 15.3. The summed E-state index contributed by atoms with van der Waals surface area (Å²) in [5.41, 5.74) is 9.75. The number of nitrogens with one attached hydrogen (secondary N) is 2. The maximum absolute atomic E-state index is 4.91. The molecule has 0 saturated heterocycles. The van der Waals surface area contributed by atoms with Crippen LogP contribution in [0.15, 0.2) is 73.1 Å². The molecule has 3 heterocycles. The molecule has 6 nitrogen and oxygen atoms in total. The van der Waals surface area contributed by atoms with Gasteiger partial charge in [-0.15, -0.1) is 0 Å². The third kappa shape index (κ3) is 5.19. The minimum Gasteiger partial charge on any atom is -0.388 e. The zero-order valence-electron chi connectivity index (χ0n) is 22.1. The fourth-order valence-electron chi connectivity index (χ4n) is 4.39. The van der Waals surface area contributed by atoms with Gasteiger partial charge in [0, 0.05) is 60.4 Å². The van der Waals surface area contributed by atoms with Crippen molar-refractivity contribution in [1.29, 1.82) is 0 Å². The van der Waals surface area contributed by atoms with E-state index >= 15 is 0 Å². The minimum atomic E-state index is 0.810. The maximum atomic E-state index is 4.91. The molecule has 6 heteroatoms. The van der Waals surface area contributed by atoms with Crippen molar-refractivity contribution < 1.29 is 0 Å². The number of H-pyrrole nitrogens is 1. The van der Waals surface area contributed by atoms with Gasteiger partial charge in [-0.25, -0.2) is 4.98 Å². The van der Waals surface area contributed by atoms with E-state index < -0.39 is 0 Å². The summed E-state index contributed by atoms with van der Waals surface area (Å²) in [6.07, 6.45) is 4.01. The van der Waals surface area contributed by atoms with E-state index in [-0.39, 0.29) is 0 Å². The first kappa shape index (κ1) is 25.2. The lowest BCUT2D eigenvalue weighted by Crippen LogP contribution is -2.10. The van der Waals surface area contributed by atoms with Crippen LogP contribution in [0.3, 0.4) is 0 Å². The van der Waals surface area contributed by atoms with Crippen LogP contribution in [0.2, 0.25) is 0 Å². The fourth-order valence-corrected chi connectivity index (χ4v) is 4.39. The summed E-state index contributed by atoms with van der Waals surface area (Å²) in [4.78, 5) is 10.3. The molecule has 5 aromatic rings. The van der Waals surface area contributed by atoms with Crippen LogP contribution in [0.4, 0.5) is 5.69 Å². The van der Waals surface area contributed by atoms with Crippen molar-refractivity contribution in [2.45, 2.75) is 33.9 Å². The molecule has 36 heavy (non-hydrogen) atoms. The average molecular weight is 481 g/mol. The lowest BCUT2D eigenvalue weighted by atomic mass is 9.99. The van der Waals surface area contributed by atoms with Gasteiger partial charge in [-0.05, 0) is 62.0 Å². The Balaban J connectivity index is 0.00000148. The van der Waals surface area contributed by atoms with Gasteiger partial charge in [0.05, 0.1) is 0 Å². The molecule has 186 valence electrons. The number of nitrogens with zero attached hydrogens (tertiary/aromatic N) is 4. The van der Waals surface area contributed by atoms with E-state index in [1.54, 1.807) is 0 Å². The molecule has 0 amide bonds. The van der Waals surface area contributed by atoms with Crippen LogP contribution >= 0.6 is 0 Å². The Kier molecular flexibility index (Phi) is 7.86. The Bertz CT molecular complexity index is 1430. The summed E-state index contributed by atoms with van der Waals surface area (Å²) < 4.78 is 2.00. The molecule has 0 radical (unpaired) electrons. The number of fused-ring (bicyclic) bond motifs is 1. The monoisotopic (exact) mass is 480 g/mol. The normalized spacial score (nSPS) is 11.0. The van der Waals surface area contributed by atoms with E-state index in [1.807, 2.05) is 31.8 Å². The summed E-state index contributed by atoms with van der Waals surface area (Å²) in [5.74, 6) is 0. The number of pyridine rings is 1. The largest absolute Gasteiger partial charge is 0.388 e. The minimum absolute atomic E-state index is 0.810. The Morgan fingerprint density at radius 3 is 2.42 bits per heavy atom. The zero-order valence-corrected chi connectivity index (χ0v) is 22.1. The molecule has 0 atom stereocenters. The van der Waals surface area contributed by atoms with Crippen molar-refractivity contribution >= 4 is 16.7 Å². The van der Waals surface area contributed by atoms with Crippen LogP contribution in [0, 0.1) is 0 Å². The van der Waals surface area contributed by atoms with E-state index in [9.17, 15) is 0 Å². The number of aryl methyl sites for hydroxylation is 1. The Morgan fingerprint density at radius 2 is 1.72 bits per heavy atom. The first-order valence-corrected chi connectivity index (χ1v) is 12.6. The summed E-state index contributed by atoms with van der Waals surface area (Å²) >= 11 is 0. The number of hydrogen-bond donors (Lipinski definition) is 2. The van der Waals surface area contributed by atoms with Crippen molar-refractivity contribution in [3.63, 3.8) is 0 Å². The summed E-state index contributed by atoms with van der Waals surface area (Å²) in [6.45, 7) is 7.85. The molecule has 5 rings (SSSR count). The molecule has 0 aliphatic heterocycles. The molecule has 0 unspecified atom stereocenters. The molecule has 2 aromatic carbocycles. The molecule has 3 aromatic heterocycles. The smallest absolute Gasteiger partial charge is 0.138 e. The van der Waals surface area contributed by atoms with Crippen LogP contribution in [0.5, 0.6) is 0 Å². The van der Waals surface area contributed by atoms with Crippen molar-refractivity contribution in [2.75, 3.05) is 26.5 Å². The van der Waals surface area contributed by atoms with Gasteiger partial charge in [0.25, 0.3) is 0 Å².